The Morgan fingerprint density at radius 3 is 3.18 bits per heavy atom. The van der Waals surface area contributed by atoms with Crippen LogP contribution in [0.3, 0.4) is 0 Å². The van der Waals surface area contributed by atoms with Crippen molar-refractivity contribution in [3.05, 3.63) is 28.5 Å². The maximum atomic E-state index is 12.0. The summed E-state index contributed by atoms with van der Waals surface area (Å²) in [6.45, 7) is 3.09. The molecule has 0 radical (unpaired) electrons. The summed E-state index contributed by atoms with van der Waals surface area (Å²) >= 11 is 3.34. The molecule has 0 aromatic carbocycles. The normalized spacial score (nSPS) is 24.4. The predicted molar refractivity (Wildman–Crippen MR) is 69.9 cm³/mol. The molecule has 2 unspecified atom stereocenters. The molecular formula is C12H16BrN3O. The third-order valence-electron chi connectivity index (χ3n) is 2.93. The molecule has 1 fully saturated rings. The number of carbonyl (C=O) groups is 1. The van der Waals surface area contributed by atoms with Gasteiger partial charge in [-0.3, -0.25) is 4.79 Å². The van der Waals surface area contributed by atoms with Crippen LogP contribution in [-0.4, -0.2) is 29.5 Å². The number of halogens is 1. The summed E-state index contributed by atoms with van der Waals surface area (Å²) in [6.07, 6.45) is 3.57. The Morgan fingerprint density at radius 1 is 1.65 bits per heavy atom. The van der Waals surface area contributed by atoms with Crippen molar-refractivity contribution in [1.29, 1.82) is 0 Å². The average Bonchev–Trinajstić information content (AvgIpc) is 2.29. The molecule has 4 nitrogen and oxygen atoms in total. The van der Waals surface area contributed by atoms with Gasteiger partial charge < -0.3 is 10.6 Å². The van der Waals surface area contributed by atoms with Gasteiger partial charge in [0.25, 0.3) is 5.91 Å². The number of nitrogens with zero attached hydrogens (tertiary/aromatic N) is 1. The zero-order valence-corrected chi connectivity index (χ0v) is 11.3. The maximum Gasteiger partial charge on any atom is 0.271 e. The van der Waals surface area contributed by atoms with Gasteiger partial charge >= 0.3 is 0 Å². The number of piperidine rings is 1. The molecule has 1 aliphatic rings. The van der Waals surface area contributed by atoms with Crippen LogP contribution in [-0.2, 0) is 0 Å². The van der Waals surface area contributed by atoms with Crippen LogP contribution in [0.5, 0.6) is 0 Å². The molecule has 0 saturated carbocycles. The number of amides is 1. The molecule has 1 saturated heterocycles. The fourth-order valence-corrected chi connectivity index (χ4v) is 2.50. The molecular weight excluding hydrogens is 282 g/mol. The van der Waals surface area contributed by atoms with Gasteiger partial charge in [0.2, 0.25) is 0 Å². The third kappa shape index (κ3) is 3.26. The Kier molecular flexibility index (Phi) is 4.12. The van der Waals surface area contributed by atoms with Crippen molar-refractivity contribution in [1.82, 2.24) is 15.6 Å². The number of nitrogens with one attached hydrogen (secondary N) is 2. The van der Waals surface area contributed by atoms with Gasteiger partial charge in [-0.25, -0.2) is 4.98 Å². The SMILES string of the molecule is CC1CC(NC(=O)c2ncccc2Br)CCN1. The van der Waals surface area contributed by atoms with Crippen molar-refractivity contribution in [3.8, 4) is 0 Å². The Hall–Kier alpha value is -0.940. The molecule has 0 aliphatic carbocycles. The highest BCUT2D eigenvalue weighted by Crippen LogP contribution is 2.14. The standard InChI is InChI=1S/C12H16BrN3O/c1-8-7-9(4-6-14-8)16-12(17)11-10(13)3-2-5-15-11/h2-3,5,8-9,14H,4,6-7H2,1H3,(H,16,17). The van der Waals surface area contributed by atoms with Crippen LogP contribution in [0.1, 0.15) is 30.3 Å². The first kappa shape index (κ1) is 12.5. The molecule has 5 heteroatoms. The molecule has 2 N–H and O–H groups in total. The predicted octanol–water partition coefficient (Wildman–Crippen LogP) is 1.71. The van der Waals surface area contributed by atoms with Crippen molar-refractivity contribution in [3.63, 3.8) is 0 Å². The smallest absolute Gasteiger partial charge is 0.271 e. The zero-order valence-electron chi connectivity index (χ0n) is 9.74. The number of pyridine rings is 1. The number of rotatable bonds is 2. The fraction of sp³-hybridized carbons (Fsp3) is 0.500. The summed E-state index contributed by atoms with van der Waals surface area (Å²) in [6, 6.07) is 4.33. The molecule has 0 spiro atoms. The second kappa shape index (κ2) is 5.60. The van der Waals surface area contributed by atoms with Crippen molar-refractivity contribution >= 4 is 21.8 Å². The fourth-order valence-electron chi connectivity index (χ4n) is 2.07. The molecule has 1 aliphatic heterocycles. The molecule has 2 atom stereocenters. The van der Waals surface area contributed by atoms with Gasteiger partial charge in [0.1, 0.15) is 5.69 Å². The minimum absolute atomic E-state index is 0.100. The van der Waals surface area contributed by atoms with Gasteiger partial charge in [0, 0.05) is 22.8 Å². The molecule has 1 aromatic heterocycles. The van der Waals surface area contributed by atoms with E-state index < -0.39 is 0 Å². The lowest BCUT2D eigenvalue weighted by Crippen LogP contribution is -2.46. The van der Waals surface area contributed by atoms with E-state index in [2.05, 4.69) is 38.5 Å². The summed E-state index contributed by atoms with van der Waals surface area (Å²) in [5.41, 5.74) is 0.457. The number of hydrogen-bond donors (Lipinski definition) is 2. The van der Waals surface area contributed by atoms with Crippen LogP contribution in [0.15, 0.2) is 22.8 Å². The lowest BCUT2D eigenvalue weighted by atomic mass is 10.0. The average molecular weight is 298 g/mol. The van der Waals surface area contributed by atoms with E-state index >= 15 is 0 Å². The maximum absolute atomic E-state index is 12.0. The third-order valence-corrected chi connectivity index (χ3v) is 3.57. The summed E-state index contributed by atoms with van der Waals surface area (Å²) in [5.74, 6) is -0.100. The molecule has 17 heavy (non-hydrogen) atoms. The van der Waals surface area contributed by atoms with Gasteiger partial charge in [0.05, 0.1) is 0 Å². The van der Waals surface area contributed by atoms with Crippen LogP contribution in [0.4, 0.5) is 0 Å². The molecule has 1 amide bonds. The van der Waals surface area contributed by atoms with E-state index in [1.54, 1.807) is 12.3 Å². The van der Waals surface area contributed by atoms with Gasteiger partial charge in [-0.05, 0) is 54.4 Å². The van der Waals surface area contributed by atoms with E-state index in [0.29, 0.717) is 11.7 Å². The Bertz CT molecular complexity index is 410. The molecule has 2 rings (SSSR count). The largest absolute Gasteiger partial charge is 0.348 e. The lowest BCUT2D eigenvalue weighted by Gasteiger charge is -2.28. The van der Waals surface area contributed by atoms with Gasteiger partial charge in [0.15, 0.2) is 0 Å². The highest BCUT2D eigenvalue weighted by atomic mass is 79.9. The van der Waals surface area contributed by atoms with E-state index in [4.69, 9.17) is 0 Å². The lowest BCUT2D eigenvalue weighted by molar-refractivity contribution is 0.0920. The van der Waals surface area contributed by atoms with Crippen molar-refractivity contribution in [2.75, 3.05) is 6.54 Å². The van der Waals surface area contributed by atoms with Crippen LogP contribution >= 0.6 is 15.9 Å². The van der Waals surface area contributed by atoms with Crippen molar-refractivity contribution < 1.29 is 4.79 Å². The van der Waals surface area contributed by atoms with E-state index in [1.807, 2.05) is 6.07 Å². The number of hydrogen-bond acceptors (Lipinski definition) is 3. The first-order valence-electron chi connectivity index (χ1n) is 5.81. The Labute approximate surface area is 109 Å². The van der Waals surface area contributed by atoms with Crippen LogP contribution < -0.4 is 10.6 Å². The van der Waals surface area contributed by atoms with E-state index in [1.165, 1.54) is 0 Å². The van der Waals surface area contributed by atoms with E-state index in [9.17, 15) is 4.79 Å². The second-order valence-corrected chi connectivity index (χ2v) is 5.24. The number of aromatic nitrogens is 1. The summed E-state index contributed by atoms with van der Waals surface area (Å²) < 4.78 is 0.736. The monoisotopic (exact) mass is 297 g/mol. The Balaban J connectivity index is 1.99. The van der Waals surface area contributed by atoms with E-state index in [-0.39, 0.29) is 11.9 Å². The highest BCUT2D eigenvalue weighted by Gasteiger charge is 2.21. The first-order valence-corrected chi connectivity index (χ1v) is 6.61. The van der Waals surface area contributed by atoms with E-state index in [0.717, 1.165) is 23.9 Å². The number of carbonyl (C=O) groups excluding carboxylic acids is 1. The highest BCUT2D eigenvalue weighted by molar-refractivity contribution is 9.10. The summed E-state index contributed by atoms with van der Waals surface area (Å²) in [5, 5.41) is 6.40. The van der Waals surface area contributed by atoms with Crippen molar-refractivity contribution in [2.24, 2.45) is 0 Å². The van der Waals surface area contributed by atoms with Crippen LogP contribution in [0.2, 0.25) is 0 Å². The minimum Gasteiger partial charge on any atom is -0.348 e. The zero-order chi connectivity index (χ0) is 12.3. The van der Waals surface area contributed by atoms with Crippen LogP contribution in [0.25, 0.3) is 0 Å². The van der Waals surface area contributed by atoms with Gasteiger partial charge in [-0.15, -0.1) is 0 Å². The first-order chi connectivity index (χ1) is 8.16. The van der Waals surface area contributed by atoms with Gasteiger partial charge in [-0.1, -0.05) is 0 Å². The summed E-state index contributed by atoms with van der Waals surface area (Å²) in [7, 11) is 0. The second-order valence-electron chi connectivity index (χ2n) is 4.38. The topological polar surface area (TPSA) is 54.0 Å². The molecule has 1 aromatic rings. The Morgan fingerprint density at radius 2 is 2.47 bits per heavy atom. The van der Waals surface area contributed by atoms with Crippen LogP contribution in [0, 0.1) is 0 Å². The molecule has 0 bridgehead atoms. The summed E-state index contributed by atoms with van der Waals surface area (Å²) in [4.78, 5) is 16.1. The van der Waals surface area contributed by atoms with Crippen molar-refractivity contribution in [2.45, 2.75) is 31.8 Å². The quantitative estimate of drug-likeness (QED) is 0.874. The molecule has 2 heterocycles. The minimum atomic E-state index is -0.100. The molecule has 92 valence electrons. The van der Waals surface area contributed by atoms with Gasteiger partial charge in [-0.2, -0.15) is 0 Å².